The maximum atomic E-state index is 12.3. The molecule has 0 aromatic carbocycles. The number of hydrogen-bond acceptors (Lipinski definition) is 4. The molecule has 0 saturated carbocycles. The van der Waals surface area contributed by atoms with Gasteiger partial charge in [0.1, 0.15) is 0 Å². The lowest BCUT2D eigenvalue weighted by molar-refractivity contribution is -0.141. The highest BCUT2D eigenvalue weighted by molar-refractivity contribution is 5.76. The largest absolute Gasteiger partial charge is 0.481 e. The van der Waals surface area contributed by atoms with Crippen molar-refractivity contribution in [3.8, 4) is 0 Å². The number of morpholine rings is 1. The summed E-state index contributed by atoms with van der Waals surface area (Å²) in [5, 5.41) is 18.2. The molecule has 0 bridgehead atoms. The van der Waals surface area contributed by atoms with Crippen molar-refractivity contribution < 1.29 is 24.5 Å². The molecule has 19 heavy (non-hydrogen) atoms. The van der Waals surface area contributed by atoms with Gasteiger partial charge in [0.05, 0.1) is 31.8 Å². The van der Waals surface area contributed by atoms with Crippen LogP contribution in [0.5, 0.6) is 0 Å². The Morgan fingerprint density at radius 2 is 2.21 bits per heavy atom. The summed E-state index contributed by atoms with van der Waals surface area (Å²) in [7, 11) is 0. The summed E-state index contributed by atoms with van der Waals surface area (Å²) >= 11 is 0. The maximum Gasteiger partial charge on any atom is 0.320 e. The molecule has 2 atom stereocenters. The number of carbonyl (C=O) groups excluding carboxylic acids is 1. The predicted molar refractivity (Wildman–Crippen MR) is 67.8 cm³/mol. The molecule has 1 saturated heterocycles. The minimum atomic E-state index is -0.924. The molecule has 110 valence electrons. The number of nitrogens with zero attached hydrogens (tertiary/aromatic N) is 2. The van der Waals surface area contributed by atoms with Crippen molar-refractivity contribution in [3.63, 3.8) is 0 Å². The Hall–Kier alpha value is -1.34. The Labute approximate surface area is 112 Å². The summed E-state index contributed by atoms with van der Waals surface area (Å²) in [5.74, 6) is -1.54. The first-order valence-corrected chi connectivity index (χ1v) is 6.48. The van der Waals surface area contributed by atoms with Crippen molar-refractivity contribution in [1.29, 1.82) is 0 Å². The van der Waals surface area contributed by atoms with Crippen LogP contribution in [0.3, 0.4) is 0 Å². The molecule has 0 aliphatic carbocycles. The van der Waals surface area contributed by atoms with Gasteiger partial charge < -0.3 is 24.7 Å². The summed E-state index contributed by atoms with van der Waals surface area (Å²) in [4.78, 5) is 26.3. The fourth-order valence-electron chi connectivity index (χ4n) is 1.99. The van der Waals surface area contributed by atoms with E-state index < -0.39 is 11.9 Å². The molecule has 0 spiro atoms. The van der Waals surface area contributed by atoms with E-state index in [2.05, 4.69) is 0 Å². The highest BCUT2D eigenvalue weighted by Crippen LogP contribution is 2.11. The van der Waals surface area contributed by atoms with Crippen LogP contribution in [0.25, 0.3) is 0 Å². The van der Waals surface area contributed by atoms with Crippen LogP contribution in [0.1, 0.15) is 13.8 Å². The number of rotatable bonds is 5. The number of amides is 2. The van der Waals surface area contributed by atoms with Gasteiger partial charge in [-0.3, -0.25) is 4.79 Å². The van der Waals surface area contributed by atoms with Gasteiger partial charge >= 0.3 is 12.0 Å². The van der Waals surface area contributed by atoms with Gasteiger partial charge in [-0.15, -0.1) is 0 Å². The van der Waals surface area contributed by atoms with Gasteiger partial charge in [0.25, 0.3) is 0 Å². The molecule has 2 N–H and O–H groups in total. The lowest BCUT2D eigenvalue weighted by Crippen LogP contribution is -2.55. The number of urea groups is 1. The van der Waals surface area contributed by atoms with Crippen LogP contribution < -0.4 is 0 Å². The van der Waals surface area contributed by atoms with Crippen molar-refractivity contribution in [2.75, 3.05) is 39.5 Å². The summed E-state index contributed by atoms with van der Waals surface area (Å²) in [5.41, 5.74) is 0. The van der Waals surface area contributed by atoms with E-state index in [4.69, 9.17) is 9.84 Å². The number of carboxylic acids is 1. The minimum Gasteiger partial charge on any atom is -0.481 e. The normalized spacial score (nSPS) is 21.0. The molecule has 7 nitrogen and oxygen atoms in total. The number of aliphatic hydroxyl groups excluding tert-OH is 1. The van der Waals surface area contributed by atoms with Crippen molar-refractivity contribution in [2.24, 2.45) is 5.92 Å². The molecule has 1 fully saturated rings. The summed E-state index contributed by atoms with van der Waals surface area (Å²) in [6.45, 7) is 5.00. The SMILES string of the molecule is CCN(CC(C)C(=O)O)C(=O)N1CCOCC1CO. The second kappa shape index (κ2) is 7.30. The zero-order valence-electron chi connectivity index (χ0n) is 11.4. The van der Waals surface area contributed by atoms with Crippen molar-refractivity contribution in [2.45, 2.75) is 19.9 Å². The van der Waals surface area contributed by atoms with Gasteiger partial charge in [-0.1, -0.05) is 6.92 Å². The van der Waals surface area contributed by atoms with Crippen molar-refractivity contribution >= 4 is 12.0 Å². The third-order valence-corrected chi connectivity index (χ3v) is 3.25. The third kappa shape index (κ3) is 4.07. The van der Waals surface area contributed by atoms with Crippen LogP contribution in [0.2, 0.25) is 0 Å². The number of carboxylic acid groups (broad SMARTS) is 1. The van der Waals surface area contributed by atoms with Gasteiger partial charge in [0.2, 0.25) is 0 Å². The second-order valence-corrected chi connectivity index (χ2v) is 4.67. The second-order valence-electron chi connectivity index (χ2n) is 4.67. The molecule has 2 unspecified atom stereocenters. The van der Waals surface area contributed by atoms with Crippen LogP contribution in [0, 0.1) is 5.92 Å². The number of ether oxygens (including phenoxy) is 1. The molecule has 1 aliphatic heterocycles. The maximum absolute atomic E-state index is 12.3. The van der Waals surface area contributed by atoms with Crippen LogP contribution in [-0.2, 0) is 9.53 Å². The Bertz CT molecular complexity index is 323. The summed E-state index contributed by atoms with van der Waals surface area (Å²) < 4.78 is 5.22. The fraction of sp³-hybridized carbons (Fsp3) is 0.833. The van der Waals surface area contributed by atoms with Gasteiger partial charge in [-0.2, -0.15) is 0 Å². The molecule has 0 aromatic rings. The highest BCUT2D eigenvalue weighted by Gasteiger charge is 2.30. The van der Waals surface area contributed by atoms with Gasteiger partial charge in [0, 0.05) is 19.6 Å². The molecule has 2 amide bonds. The van der Waals surface area contributed by atoms with Crippen molar-refractivity contribution in [1.82, 2.24) is 9.80 Å². The van der Waals surface area contributed by atoms with Crippen LogP contribution in [0.4, 0.5) is 4.79 Å². The summed E-state index contributed by atoms with van der Waals surface area (Å²) in [6, 6.07) is -0.589. The molecule has 0 aromatic heterocycles. The van der Waals surface area contributed by atoms with E-state index in [0.717, 1.165) is 0 Å². The number of aliphatic hydroxyl groups is 1. The van der Waals surface area contributed by atoms with E-state index in [1.807, 2.05) is 0 Å². The topological polar surface area (TPSA) is 90.3 Å². The molecular formula is C12H22N2O5. The fourth-order valence-corrected chi connectivity index (χ4v) is 1.99. The molecular weight excluding hydrogens is 252 g/mol. The smallest absolute Gasteiger partial charge is 0.320 e. The van der Waals surface area contributed by atoms with E-state index in [1.54, 1.807) is 18.7 Å². The first-order chi connectivity index (χ1) is 9.01. The van der Waals surface area contributed by atoms with Crippen LogP contribution in [0.15, 0.2) is 0 Å². The van der Waals surface area contributed by atoms with Crippen LogP contribution >= 0.6 is 0 Å². The van der Waals surface area contributed by atoms with E-state index in [-0.39, 0.29) is 25.2 Å². The average Bonchev–Trinajstić information content (AvgIpc) is 2.43. The number of carbonyl (C=O) groups is 2. The van der Waals surface area contributed by atoms with Crippen LogP contribution in [-0.4, -0.2) is 77.5 Å². The van der Waals surface area contributed by atoms with Crippen molar-refractivity contribution in [3.05, 3.63) is 0 Å². The van der Waals surface area contributed by atoms with Gasteiger partial charge in [-0.25, -0.2) is 4.79 Å². The van der Waals surface area contributed by atoms with E-state index in [9.17, 15) is 14.7 Å². The molecule has 1 rings (SSSR count). The van der Waals surface area contributed by atoms with E-state index >= 15 is 0 Å². The number of hydrogen-bond donors (Lipinski definition) is 2. The first kappa shape index (κ1) is 15.7. The zero-order chi connectivity index (χ0) is 14.4. The molecule has 0 radical (unpaired) electrons. The Kier molecular flexibility index (Phi) is 6.04. The average molecular weight is 274 g/mol. The van der Waals surface area contributed by atoms with E-state index in [0.29, 0.717) is 26.3 Å². The Balaban J connectivity index is 2.68. The molecule has 1 heterocycles. The predicted octanol–water partition coefficient (Wildman–Crippen LogP) is -0.158. The minimum absolute atomic E-state index is 0.155. The first-order valence-electron chi connectivity index (χ1n) is 6.48. The lowest BCUT2D eigenvalue weighted by atomic mass is 10.1. The van der Waals surface area contributed by atoms with E-state index in [1.165, 1.54) is 4.90 Å². The lowest BCUT2D eigenvalue weighted by Gasteiger charge is -2.38. The monoisotopic (exact) mass is 274 g/mol. The standard InChI is InChI=1S/C12H22N2O5/c1-3-13(6-9(2)11(16)17)12(18)14-4-5-19-8-10(14)7-15/h9-10,15H,3-8H2,1-2H3,(H,16,17). The van der Waals surface area contributed by atoms with Gasteiger partial charge in [0.15, 0.2) is 0 Å². The third-order valence-electron chi connectivity index (χ3n) is 3.25. The summed E-state index contributed by atoms with van der Waals surface area (Å²) in [6.07, 6.45) is 0. The Morgan fingerprint density at radius 1 is 1.53 bits per heavy atom. The quantitative estimate of drug-likeness (QED) is 0.727. The molecule has 1 aliphatic rings. The zero-order valence-corrected chi connectivity index (χ0v) is 11.4. The highest BCUT2D eigenvalue weighted by atomic mass is 16.5. The van der Waals surface area contributed by atoms with Gasteiger partial charge in [-0.05, 0) is 6.92 Å². The Morgan fingerprint density at radius 3 is 2.74 bits per heavy atom. The molecule has 7 heteroatoms. The number of aliphatic carboxylic acids is 1.